The zero-order valence-corrected chi connectivity index (χ0v) is 24.0. The minimum atomic E-state index is -4.52. The third kappa shape index (κ3) is 5.36. The van der Waals surface area contributed by atoms with Gasteiger partial charge in [-0.2, -0.15) is 13.5 Å². The second kappa shape index (κ2) is 10.3. The fourth-order valence-corrected chi connectivity index (χ4v) is 7.38. The van der Waals surface area contributed by atoms with Crippen molar-refractivity contribution in [1.82, 2.24) is 9.62 Å². The molecule has 11 heteroatoms. The Morgan fingerprint density at radius 1 is 0.975 bits per heavy atom. The van der Waals surface area contributed by atoms with Gasteiger partial charge in [0.15, 0.2) is 6.04 Å². The second-order valence-electron chi connectivity index (χ2n) is 11.0. The highest BCUT2D eigenvalue weighted by molar-refractivity contribution is 9.10. The number of nitrogens with two attached hydrogens (primary N) is 1. The number of hydrogen-bond donors (Lipinski definition) is 2. The maximum absolute atomic E-state index is 16.1. The smallest absolute Gasteiger partial charge is 0.298 e. The van der Waals surface area contributed by atoms with Crippen LogP contribution in [0.2, 0.25) is 0 Å². The van der Waals surface area contributed by atoms with Gasteiger partial charge in [0.25, 0.3) is 5.92 Å². The van der Waals surface area contributed by atoms with Gasteiger partial charge in [-0.25, -0.2) is 8.42 Å². The first-order valence-corrected chi connectivity index (χ1v) is 15.7. The number of carbonyl (C=O) groups is 1. The maximum atomic E-state index is 16.1. The molecule has 1 amide bonds. The highest BCUT2D eigenvalue weighted by atomic mass is 79.9. The predicted octanol–water partition coefficient (Wildman–Crippen LogP) is 5.06. The van der Waals surface area contributed by atoms with Crippen molar-refractivity contribution in [3.05, 3.63) is 70.7 Å². The van der Waals surface area contributed by atoms with E-state index < -0.39 is 33.5 Å². The number of amides is 1. The minimum Gasteiger partial charge on any atom is -0.490 e. The number of hydrogen-bond acceptors (Lipinski definition) is 5. The summed E-state index contributed by atoms with van der Waals surface area (Å²) in [4.78, 5) is 15.1. The van der Waals surface area contributed by atoms with Crippen LogP contribution in [0.25, 0.3) is 10.8 Å². The molecule has 3 aliphatic rings. The number of nitrogens with zero attached hydrogens (tertiary/aromatic N) is 1. The van der Waals surface area contributed by atoms with Crippen LogP contribution < -0.4 is 15.2 Å². The number of ether oxygens (including phenoxy) is 1. The van der Waals surface area contributed by atoms with Gasteiger partial charge in [0.2, 0.25) is 15.9 Å². The monoisotopic (exact) mass is 633 g/mol. The molecular formula is C29H30BrF2N3O4S. The number of alkyl halides is 2. The first kappa shape index (κ1) is 27.6. The Bertz CT molecular complexity index is 1530. The van der Waals surface area contributed by atoms with E-state index in [9.17, 15) is 13.2 Å². The van der Waals surface area contributed by atoms with Gasteiger partial charge in [0, 0.05) is 28.2 Å². The predicted molar refractivity (Wildman–Crippen MR) is 151 cm³/mol. The highest BCUT2D eigenvalue weighted by Gasteiger charge is 2.53. The Morgan fingerprint density at radius 2 is 1.60 bits per heavy atom. The Morgan fingerprint density at radius 3 is 2.25 bits per heavy atom. The Balaban J connectivity index is 1.34. The molecular weight excluding hydrogens is 604 g/mol. The topological polar surface area (TPSA) is 102 Å². The summed E-state index contributed by atoms with van der Waals surface area (Å²) in [5.74, 6) is -4.06. The van der Waals surface area contributed by atoms with E-state index in [-0.39, 0.29) is 29.1 Å². The lowest BCUT2D eigenvalue weighted by Gasteiger charge is -2.41. The molecule has 0 radical (unpaired) electrons. The van der Waals surface area contributed by atoms with Crippen molar-refractivity contribution in [3.8, 4) is 5.75 Å². The van der Waals surface area contributed by atoms with Crippen LogP contribution >= 0.6 is 15.9 Å². The number of piperidine rings is 1. The summed E-state index contributed by atoms with van der Waals surface area (Å²) < 4.78 is 68.0. The quantitative estimate of drug-likeness (QED) is 0.361. The Hall–Kier alpha value is -2.60. The molecule has 2 aliphatic heterocycles. The molecule has 212 valence electrons. The summed E-state index contributed by atoms with van der Waals surface area (Å²) in [6.45, 7) is 0. The summed E-state index contributed by atoms with van der Waals surface area (Å²) >= 11 is 3.24. The highest BCUT2D eigenvalue weighted by Crippen LogP contribution is 2.40. The fourth-order valence-electron chi connectivity index (χ4n) is 5.89. The first-order valence-electron chi connectivity index (χ1n) is 13.5. The number of nitrogens with one attached hydrogen (secondary N) is 1. The Labute approximate surface area is 240 Å². The summed E-state index contributed by atoms with van der Waals surface area (Å²) in [6, 6.07) is 11.9. The van der Waals surface area contributed by atoms with Crippen molar-refractivity contribution in [1.29, 1.82) is 0 Å². The van der Waals surface area contributed by atoms with E-state index in [1.54, 1.807) is 18.2 Å². The molecule has 3 aromatic carbocycles. The first-order chi connectivity index (χ1) is 19.0. The molecule has 3 fully saturated rings. The second-order valence-corrected chi connectivity index (χ2v) is 13.7. The summed E-state index contributed by atoms with van der Waals surface area (Å²) in [5, 5.41) is 1.36. The van der Waals surface area contributed by atoms with E-state index in [1.807, 2.05) is 6.07 Å². The summed E-state index contributed by atoms with van der Waals surface area (Å²) in [6.07, 6.45) is 4.56. The van der Waals surface area contributed by atoms with E-state index >= 15 is 8.78 Å². The minimum absolute atomic E-state index is 0.114. The largest absolute Gasteiger partial charge is 0.490 e. The molecule has 2 saturated heterocycles. The number of halogens is 3. The van der Waals surface area contributed by atoms with Crippen LogP contribution in [0.5, 0.6) is 5.75 Å². The van der Waals surface area contributed by atoms with Crippen molar-refractivity contribution in [2.45, 2.75) is 79.6 Å². The molecule has 6 rings (SSSR count). The third-order valence-corrected chi connectivity index (χ3v) is 10.0. The van der Waals surface area contributed by atoms with Crippen LogP contribution in [-0.4, -0.2) is 49.5 Å². The summed E-state index contributed by atoms with van der Waals surface area (Å²) in [5.41, 5.74) is 5.68. The van der Waals surface area contributed by atoms with Gasteiger partial charge in [-0.05, 0) is 85.7 Å². The number of fused-ring (bicyclic) bond motifs is 3. The molecule has 2 unspecified atom stereocenters. The van der Waals surface area contributed by atoms with Gasteiger partial charge in [0.05, 0.1) is 11.0 Å². The van der Waals surface area contributed by atoms with Crippen molar-refractivity contribution < 1.29 is 26.7 Å². The van der Waals surface area contributed by atoms with Crippen molar-refractivity contribution >= 4 is 42.6 Å². The van der Waals surface area contributed by atoms with Gasteiger partial charge < -0.3 is 15.4 Å². The van der Waals surface area contributed by atoms with Crippen molar-refractivity contribution in [3.63, 3.8) is 0 Å². The van der Waals surface area contributed by atoms with Crippen LogP contribution in [0.15, 0.2) is 70.0 Å². The van der Waals surface area contributed by atoms with Gasteiger partial charge in [-0.3, -0.25) is 4.79 Å². The number of benzene rings is 3. The molecule has 0 spiro atoms. The van der Waals surface area contributed by atoms with E-state index in [2.05, 4.69) is 20.7 Å². The molecule has 7 nitrogen and oxygen atoms in total. The summed E-state index contributed by atoms with van der Waals surface area (Å²) in [7, 11) is -4.52. The van der Waals surface area contributed by atoms with E-state index in [1.165, 1.54) is 41.3 Å². The van der Waals surface area contributed by atoms with Crippen LogP contribution in [0.1, 0.15) is 44.1 Å². The molecule has 1 aliphatic carbocycles. The molecule has 2 bridgehead atoms. The van der Waals surface area contributed by atoms with Gasteiger partial charge in [-0.15, -0.1) is 0 Å². The third-order valence-electron chi connectivity index (χ3n) is 8.06. The maximum Gasteiger partial charge on any atom is 0.298 e. The van der Waals surface area contributed by atoms with Gasteiger partial charge in [-0.1, -0.05) is 40.2 Å². The fraction of sp³-hybridized carbons (Fsp3) is 0.414. The van der Waals surface area contributed by atoms with Gasteiger partial charge in [0.1, 0.15) is 5.75 Å². The Kier molecular flexibility index (Phi) is 7.13. The number of carbonyl (C=O) groups excluding carboxylic acids is 1. The van der Waals surface area contributed by atoms with Crippen LogP contribution in [0.3, 0.4) is 0 Å². The molecule has 2 heterocycles. The van der Waals surface area contributed by atoms with Crippen LogP contribution in [0.4, 0.5) is 8.78 Å². The van der Waals surface area contributed by atoms with E-state index in [4.69, 9.17) is 10.5 Å². The molecule has 3 atom stereocenters. The van der Waals surface area contributed by atoms with Crippen molar-refractivity contribution in [2.24, 2.45) is 5.73 Å². The lowest BCUT2D eigenvalue weighted by atomic mass is 9.95. The number of sulfonamides is 1. The zero-order valence-electron chi connectivity index (χ0n) is 21.6. The molecule has 3 N–H and O–H groups in total. The van der Waals surface area contributed by atoms with E-state index in [0.717, 1.165) is 18.2 Å². The molecule has 1 saturated carbocycles. The number of rotatable bonds is 8. The van der Waals surface area contributed by atoms with Gasteiger partial charge >= 0.3 is 0 Å². The SMILES string of the molecule is NC1CC2CCC(C1)N2C(=O)[C@@H](NS(=O)(=O)c1ccc2cc(OC3CC3)ccc2c1)C(F)(F)c1ccc(Br)cc1. The average molecular weight is 635 g/mol. The van der Waals surface area contributed by atoms with E-state index in [0.29, 0.717) is 41.3 Å². The normalized spacial score (nSPS) is 23.8. The molecule has 3 aromatic rings. The van der Waals surface area contributed by atoms with Crippen LogP contribution in [-0.2, 0) is 20.7 Å². The lowest BCUT2D eigenvalue weighted by molar-refractivity contribution is -0.149. The molecule has 40 heavy (non-hydrogen) atoms. The standard InChI is InChI=1S/C29H30BrF2N3O4S/c30-20-5-3-19(4-6-20)29(31,32)27(28(36)35-22-7-8-23(35)16-21(33)15-22)34-40(37,38)26-12-2-17-13-25(39-24-10-11-24)9-1-18(17)14-26/h1-6,9,12-14,21-24,27,34H,7-8,10-11,15-16,33H2/t21?,22?,23?,27-/m1/s1. The van der Waals surface area contributed by atoms with Crippen LogP contribution in [0, 0.1) is 0 Å². The molecule has 0 aromatic heterocycles. The lowest BCUT2D eigenvalue weighted by Crippen LogP contribution is -2.60. The zero-order chi connectivity index (χ0) is 28.2. The van der Waals surface area contributed by atoms with Crippen molar-refractivity contribution in [2.75, 3.05) is 0 Å². The average Bonchev–Trinajstić information content (AvgIpc) is 3.69.